The Labute approximate surface area is 139 Å². The average molecular weight is 339 g/mol. The van der Waals surface area contributed by atoms with Crippen LogP contribution in [0.5, 0.6) is 0 Å². The number of hydrogen-bond acceptors (Lipinski definition) is 3. The third-order valence-corrected chi connectivity index (χ3v) is 4.15. The minimum atomic E-state index is -1.01. The molecule has 0 aliphatic carbocycles. The van der Waals surface area contributed by atoms with E-state index in [0.717, 1.165) is 12.8 Å². The van der Waals surface area contributed by atoms with Gasteiger partial charge in [-0.15, -0.1) is 0 Å². The number of carbonyl (C=O) groups excluding carboxylic acids is 2. The van der Waals surface area contributed by atoms with E-state index in [1.54, 1.807) is 31.2 Å². The Kier molecular flexibility index (Phi) is 5.60. The number of nitrogens with zero attached hydrogens (tertiary/aromatic N) is 1. The average Bonchev–Trinajstić information content (AvgIpc) is 2.54. The van der Waals surface area contributed by atoms with E-state index in [1.807, 2.05) is 0 Å². The summed E-state index contributed by atoms with van der Waals surface area (Å²) in [5, 5.41) is 12.4. The summed E-state index contributed by atoms with van der Waals surface area (Å²) in [4.78, 5) is 37.2. The highest BCUT2D eigenvalue weighted by atomic mass is 35.5. The first-order chi connectivity index (χ1) is 10.9. The summed E-state index contributed by atoms with van der Waals surface area (Å²) in [6.07, 6.45) is 2.00. The molecule has 2 N–H and O–H groups in total. The van der Waals surface area contributed by atoms with Crippen molar-refractivity contribution >= 4 is 29.4 Å². The van der Waals surface area contributed by atoms with Crippen molar-refractivity contribution in [3.8, 4) is 0 Å². The summed E-state index contributed by atoms with van der Waals surface area (Å²) >= 11 is 5.77. The Bertz CT molecular complexity index is 603. The van der Waals surface area contributed by atoms with Crippen LogP contribution in [0.4, 0.5) is 0 Å². The predicted octanol–water partition coefficient (Wildman–Crippen LogP) is 1.92. The number of rotatable bonds is 4. The van der Waals surface area contributed by atoms with Crippen molar-refractivity contribution in [1.29, 1.82) is 0 Å². The Morgan fingerprint density at radius 1 is 1.26 bits per heavy atom. The molecule has 0 spiro atoms. The topological polar surface area (TPSA) is 86.7 Å². The number of piperidine rings is 1. The molecule has 1 aromatic carbocycles. The van der Waals surface area contributed by atoms with Crippen molar-refractivity contribution in [3.63, 3.8) is 0 Å². The van der Waals surface area contributed by atoms with Crippen LogP contribution in [0.3, 0.4) is 0 Å². The molecule has 124 valence electrons. The smallest absolute Gasteiger partial charge is 0.326 e. The monoisotopic (exact) mass is 338 g/mol. The Hall–Kier alpha value is -2.08. The Balaban J connectivity index is 2.02. The Morgan fingerprint density at radius 2 is 1.91 bits per heavy atom. The van der Waals surface area contributed by atoms with Gasteiger partial charge in [-0.3, -0.25) is 9.59 Å². The van der Waals surface area contributed by atoms with Crippen molar-refractivity contribution in [2.75, 3.05) is 6.54 Å². The second kappa shape index (κ2) is 7.46. The zero-order valence-corrected chi connectivity index (χ0v) is 13.5. The molecule has 0 bridgehead atoms. The van der Waals surface area contributed by atoms with E-state index in [0.29, 0.717) is 23.6 Å². The summed E-state index contributed by atoms with van der Waals surface area (Å²) < 4.78 is 0. The number of aliphatic carboxylic acids is 1. The molecule has 1 aliphatic rings. The SMILES string of the molecule is CC(NC(=O)c1ccc(Cl)cc1)C(=O)N1CCCCC1C(=O)O. The van der Waals surface area contributed by atoms with Gasteiger partial charge in [0.05, 0.1) is 0 Å². The second-order valence-electron chi connectivity index (χ2n) is 5.58. The van der Waals surface area contributed by atoms with E-state index < -0.39 is 24.0 Å². The lowest BCUT2D eigenvalue weighted by molar-refractivity contribution is -0.152. The van der Waals surface area contributed by atoms with Gasteiger partial charge in [0.2, 0.25) is 5.91 Å². The number of carboxylic acid groups (broad SMARTS) is 1. The van der Waals surface area contributed by atoms with Crippen molar-refractivity contribution in [2.45, 2.75) is 38.3 Å². The van der Waals surface area contributed by atoms with Gasteiger partial charge in [0.15, 0.2) is 0 Å². The fraction of sp³-hybridized carbons (Fsp3) is 0.438. The number of amides is 2. The predicted molar refractivity (Wildman–Crippen MR) is 85.4 cm³/mol. The molecule has 2 atom stereocenters. The third kappa shape index (κ3) is 4.22. The molecule has 1 saturated heterocycles. The maximum Gasteiger partial charge on any atom is 0.326 e. The minimum absolute atomic E-state index is 0.376. The van der Waals surface area contributed by atoms with Gasteiger partial charge < -0.3 is 15.3 Å². The molecule has 0 radical (unpaired) electrons. The number of likely N-dealkylation sites (tertiary alicyclic amines) is 1. The number of benzene rings is 1. The first kappa shape index (κ1) is 17.3. The van der Waals surface area contributed by atoms with Gasteiger partial charge in [0.25, 0.3) is 5.91 Å². The first-order valence-electron chi connectivity index (χ1n) is 7.50. The fourth-order valence-corrected chi connectivity index (χ4v) is 2.77. The Morgan fingerprint density at radius 3 is 2.52 bits per heavy atom. The maximum absolute atomic E-state index is 12.5. The summed E-state index contributed by atoms with van der Waals surface area (Å²) in [7, 11) is 0. The van der Waals surface area contributed by atoms with Crippen molar-refractivity contribution in [2.24, 2.45) is 0 Å². The van der Waals surface area contributed by atoms with Crippen molar-refractivity contribution in [3.05, 3.63) is 34.9 Å². The van der Waals surface area contributed by atoms with Gasteiger partial charge in [0.1, 0.15) is 12.1 Å². The summed E-state index contributed by atoms with van der Waals surface area (Å²) in [6.45, 7) is 1.96. The lowest BCUT2D eigenvalue weighted by atomic mass is 10.0. The van der Waals surface area contributed by atoms with E-state index >= 15 is 0 Å². The van der Waals surface area contributed by atoms with E-state index in [4.69, 9.17) is 11.6 Å². The van der Waals surface area contributed by atoms with Gasteiger partial charge in [-0.05, 0) is 50.5 Å². The molecule has 6 nitrogen and oxygen atoms in total. The normalized spacial score (nSPS) is 19.0. The largest absolute Gasteiger partial charge is 0.480 e. The molecule has 1 aliphatic heterocycles. The lowest BCUT2D eigenvalue weighted by Gasteiger charge is -2.34. The van der Waals surface area contributed by atoms with Crippen LogP contribution in [-0.2, 0) is 9.59 Å². The van der Waals surface area contributed by atoms with Crippen LogP contribution in [-0.4, -0.2) is 46.4 Å². The standard InChI is InChI=1S/C16H19ClN2O4/c1-10(18-14(20)11-5-7-12(17)8-6-11)15(21)19-9-3-2-4-13(19)16(22)23/h5-8,10,13H,2-4,9H2,1H3,(H,18,20)(H,22,23). The van der Waals surface area contributed by atoms with Crippen LogP contribution in [0.15, 0.2) is 24.3 Å². The van der Waals surface area contributed by atoms with E-state index in [1.165, 1.54) is 4.90 Å². The molecular weight excluding hydrogens is 320 g/mol. The highest BCUT2D eigenvalue weighted by molar-refractivity contribution is 6.30. The summed E-state index contributed by atoms with van der Waals surface area (Å²) in [5.74, 6) is -1.78. The first-order valence-corrected chi connectivity index (χ1v) is 7.87. The highest BCUT2D eigenvalue weighted by Gasteiger charge is 2.34. The lowest BCUT2D eigenvalue weighted by Crippen LogP contribution is -2.54. The fourth-order valence-electron chi connectivity index (χ4n) is 2.64. The molecule has 2 rings (SSSR count). The molecule has 1 fully saturated rings. The second-order valence-corrected chi connectivity index (χ2v) is 6.02. The maximum atomic E-state index is 12.5. The van der Waals surface area contributed by atoms with Gasteiger partial charge in [-0.1, -0.05) is 11.6 Å². The van der Waals surface area contributed by atoms with Gasteiger partial charge in [-0.2, -0.15) is 0 Å². The number of carboxylic acids is 1. The zero-order chi connectivity index (χ0) is 17.0. The molecule has 2 unspecified atom stereocenters. The highest BCUT2D eigenvalue weighted by Crippen LogP contribution is 2.18. The number of halogens is 1. The van der Waals surface area contributed by atoms with Gasteiger partial charge in [-0.25, -0.2) is 4.79 Å². The van der Waals surface area contributed by atoms with Gasteiger partial charge >= 0.3 is 5.97 Å². The molecule has 1 aromatic rings. The quantitative estimate of drug-likeness (QED) is 0.878. The van der Waals surface area contributed by atoms with E-state index in [-0.39, 0.29) is 5.91 Å². The van der Waals surface area contributed by atoms with Crippen molar-refractivity contribution in [1.82, 2.24) is 10.2 Å². The summed E-state index contributed by atoms with van der Waals surface area (Å²) in [6, 6.07) is 4.71. The van der Waals surface area contributed by atoms with Crippen LogP contribution < -0.4 is 5.32 Å². The van der Waals surface area contributed by atoms with Crippen molar-refractivity contribution < 1.29 is 19.5 Å². The van der Waals surface area contributed by atoms with Crippen LogP contribution in [0.25, 0.3) is 0 Å². The number of hydrogen-bond donors (Lipinski definition) is 2. The van der Waals surface area contributed by atoms with E-state index in [9.17, 15) is 19.5 Å². The third-order valence-electron chi connectivity index (χ3n) is 3.90. The molecule has 0 aromatic heterocycles. The van der Waals surface area contributed by atoms with Crippen LogP contribution in [0.1, 0.15) is 36.5 Å². The molecule has 7 heteroatoms. The number of carbonyl (C=O) groups is 3. The minimum Gasteiger partial charge on any atom is -0.480 e. The van der Waals surface area contributed by atoms with E-state index in [2.05, 4.69) is 5.32 Å². The molecular formula is C16H19ClN2O4. The van der Waals surface area contributed by atoms with Crippen LogP contribution in [0.2, 0.25) is 5.02 Å². The molecule has 0 saturated carbocycles. The van der Waals surface area contributed by atoms with Crippen LogP contribution in [0, 0.1) is 0 Å². The number of nitrogens with one attached hydrogen (secondary N) is 1. The molecule has 23 heavy (non-hydrogen) atoms. The van der Waals surface area contributed by atoms with Gasteiger partial charge in [0, 0.05) is 17.1 Å². The molecule has 2 amide bonds. The van der Waals surface area contributed by atoms with Crippen LogP contribution >= 0.6 is 11.6 Å². The summed E-state index contributed by atoms with van der Waals surface area (Å²) in [5.41, 5.74) is 0.391. The molecule has 1 heterocycles. The zero-order valence-electron chi connectivity index (χ0n) is 12.8.